The van der Waals surface area contributed by atoms with Crippen molar-refractivity contribution < 1.29 is 13.2 Å². The Balaban J connectivity index is 1.85. The molecule has 1 N–H and O–H groups in total. The summed E-state index contributed by atoms with van der Waals surface area (Å²) in [5.41, 5.74) is 2.32. The van der Waals surface area contributed by atoms with Crippen molar-refractivity contribution in [2.24, 2.45) is 0 Å². The fourth-order valence-electron chi connectivity index (χ4n) is 3.02. The van der Waals surface area contributed by atoms with Gasteiger partial charge in [0.25, 0.3) is 0 Å². The molecule has 0 unspecified atom stereocenters. The van der Waals surface area contributed by atoms with E-state index in [1.165, 1.54) is 6.07 Å². The molecule has 1 aromatic heterocycles. The summed E-state index contributed by atoms with van der Waals surface area (Å²) in [6, 6.07) is 12.4. The van der Waals surface area contributed by atoms with Gasteiger partial charge in [-0.1, -0.05) is 29.8 Å². The highest BCUT2D eigenvalue weighted by atomic mass is 35.5. The molecule has 2 aromatic carbocycles. The van der Waals surface area contributed by atoms with Gasteiger partial charge in [0, 0.05) is 22.7 Å². The number of anilines is 1. The maximum absolute atomic E-state index is 13.0. The predicted molar refractivity (Wildman–Crippen MR) is 91.2 cm³/mol. The second-order valence-corrected chi connectivity index (χ2v) is 6.26. The summed E-state index contributed by atoms with van der Waals surface area (Å²) in [6.45, 7) is 0.729. The first-order chi connectivity index (χ1) is 11.9. The van der Waals surface area contributed by atoms with Crippen molar-refractivity contribution in [3.8, 4) is 16.9 Å². The van der Waals surface area contributed by atoms with Gasteiger partial charge in [0.2, 0.25) is 0 Å². The minimum atomic E-state index is -4.39. The number of hydrogen-bond donors (Lipinski definition) is 1. The Kier molecular flexibility index (Phi) is 3.72. The van der Waals surface area contributed by atoms with E-state index in [9.17, 15) is 13.2 Å². The fraction of sp³-hybridized carbons (Fsp3) is 0.167. The molecule has 0 atom stereocenters. The molecule has 1 aliphatic rings. The zero-order valence-electron chi connectivity index (χ0n) is 12.9. The molecule has 128 valence electrons. The first-order valence-corrected chi connectivity index (χ1v) is 8.10. The molecule has 0 saturated heterocycles. The lowest BCUT2D eigenvalue weighted by molar-refractivity contribution is -0.137. The smallest absolute Gasteiger partial charge is 0.369 e. The van der Waals surface area contributed by atoms with Crippen molar-refractivity contribution in [1.82, 2.24) is 9.78 Å². The first-order valence-electron chi connectivity index (χ1n) is 7.73. The third kappa shape index (κ3) is 2.87. The lowest BCUT2D eigenvalue weighted by Crippen LogP contribution is -2.08. The number of alkyl halides is 3. The normalized spacial score (nSPS) is 13.6. The van der Waals surface area contributed by atoms with Crippen molar-refractivity contribution in [2.75, 3.05) is 11.9 Å². The Morgan fingerprint density at radius 3 is 2.56 bits per heavy atom. The summed E-state index contributed by atoms with van der Waals surface area (Å²) in [6.07, 6.45) is -3.62. The van der Waals surface area contributed by atoms with Gasteiger partial charge in [0.15, 0.2) is 0 Å². The number of aromatic nitrogens is 2. The Bertz CT molecular complexity index is 930. The summed E-state index contributed by atoms with van der Waals surface area (Å²) < 4.78 is 40.6. The van der Waals surface area contributed by atoms with E-state index in [2.05, 4.69) is 10.4 Å². The molecule has 0 spiro atoms. The summed E-state index contributed by atoms with van der Waals surface area (Å²) in [5.74, 6) is 0.740. The Morgan fingerprint density at radius 1 is 1.08 bits per heavy atom. The molecule has 0 saturated carbocycles. The minimum absolute atomic E-state index is 0.376. The summed E-state index contributed by atoms with van der Waals surface area (Å²) >= 11 is 5.93. The van der Waals surface area contributed by atoms with E-state index in [0.717, 1.165) is 47.7 Å². The van der Waals surface area contributed by atoms with Gasteiger partial charge in [0.05, 0.1) is 16.9 Å². The molecular formula is C18H13ClF3N3. The van der Waals surface area contributed by atoms with Crippen molar-refractivity contribution in [2.45, 2.75) is 12.6 Å². The highest BCUT2D eigenvalue weighted by molar-refractivity contribution is 6.30. The second-order valence-electron chi connectivity index (χ2n) is 5.82. The van der Waals surface area contributed by atoms with Crippen LogP contribution < -0.4 is 5.32 Å². The molecule has 0 bridgehead atoms. The van der Waals surface area contributed by atoms with Gasteiger partial charge >= 0.3 is 6.18 Å². The van der Waals surface area contributed by atoms with Crippen LogP contribution in [0, 0.1) is 0 Å². The zero-order chi connectivity index (χ0) is 17.6. The van der Waals surface area contributed by atoms with Gasteiger partial charge in [-0.3, -0.25) is 0 Å². The third-order valence-corrected chi connectivity index (χ3v) is 4.44. The van der Waals surface area contributed by atoms with Gasteiger partial charge in [-0.15, -0.1) is 0 Å². The number of fused-ring (bicyclic) bond motifs is 1. The number of nitrogens with one attached hydrogen (secondary N) is 1. The van der Waals surface area contributed by atoms with Crippen LogP contribution in [0.2, 0.25) is 5.02 Å². The monoisotopic (exact) mass is 363 g/mol. The van der Waals surface area contributed by atoms with E-state index in [1.54, 1.807) is 22.9 Å². The van der Waals surface area contributed by atoms with E-state index < -0.39 is 11.7 Å². The van der Waals surface area contributed by atoms with E-state index in [1.807, 2.05) is 12.1 Å². The Morgan fingerprint density at radius 2 is 1.84 bits per heavy atom. The zero-order valence-corrected chi connectivity index (χ0v) is 13.7. The SMILES string of the molecule is FC(F)(F)c1cccc(-n2nc(-c3ccc(Cl)cc3)c3c2NCC3)c1. The van der Waals surface area contributed by atoms with Crippen LogP contribution in [0.25, 0.3) is 16.9 Å². The van der Waals surface area contributed by atoms with Gasteiger partial charge in [-0.2, -0.15) is 18.3 Å². The van der Waals surface area contributed by atoms with Crippen molar-refractivity contribution in [3.63, 3.8) is 0 Å². The summed E-state index contributed by atoms with van der Waals surface area (Å²) in [4.78, 5) is 0. The van der Waals surface area contributed by atoms with Crippen LogP contribution in [-0.2, 0) is 12.6 Å². The van der Waals surface area contributed by atoms with E-state index in [-0.39, 0.29) is 0 Å². The first kappa shape index (κ1) is 16.0. The molecule has 7 heteroatoms. The molecule has 0 aliphatic carbocycles. The Hall–Kier alpha value is -2.47. The van der Waals surface area contributed by atoms with Crippen LogP contribution in [0.15, 0.2) is 48.5 Å². The highest BCUT2D eigenvalue weighted by Gasteiger charge is 2.31. The highest BCUT2D eigenvalue weighted by Crippen LogP contribution is 2.36. The minimum Gasteiger partial charge on any atom is -0.369 e. The molecule has 3 nitrogen and oxygen atoms in total. The Labute approximate surface area is 147 Å². The van der Waals surface area contributed by atoms with Crippen LogP contribution in [-0.4, -0.2) is 16.3 Å². The standard InChI is InChI=1S/C18H13ClF3N3/c19-13-6-4-11(5-7-13)16-15-8-9-23-17(15)25(24-16)14-3-1-2-12(10-14)18(20,21)22/h1-7,10,23H,8-9H2. The number of nitrogens with zero attached hydrogens (tertiary/aromatic N) is 2. The maximum atomic E-state index is 13.0. The quantitative estimate of drug-likeness (QED) is 0.680. The molecule has 2 heterocycles. The summed E-state index contributed by atoms with van der Waals surface area (Å²) in [5, 5.41) is 8.41. The fourth-order valence-corrected chi connectivity index (χ4v) is 3.14. The molecule has 4 rings (SSSR count). The van der Waals surface area contributed by atoms with Gasteiger partial charge in [0.1, 0.15) is 5.82 Å². The molecule has 0 radical (unpaired) electrons. The van der Waals surface area contributed by atoms with Crippen LogP contribution >= 0.6 is 11.6 Å². The number of halogens is 4. The van der Waals surface area contributed by atoms with Crippen LogP contribution in [0.4, 0.5) is 19.0 Å². The third-order valence-electron chi connectivity index (χ3n) is 4.19. The molecule has 0 amide bonds. The largest absolute Gasteiger partial charge is 0.416 e. The molecule has 25 heavy (non-hydrogen) atoms. The van der Waals surface area contributed by atoms with Crippen LogP contribution in [0.1, 0.15) is 11.1 Å². The van der Waals surface area contributed by atoms with E-state index in [4.69, 9.17) is 11.6 Å². The van der Waals surface area contributed by atoms with Gasteiger partial charge in [-0.25, -0.2) is 4.68 Å². The van der Waals surface area contributed by atoms with Gasteiger partial charge in [-0.05, 0) is 36.8 Å². The number of rotatable bonds is 2. The molecular weight excluding hydrogens is 351 g/mol. The summed E-state index contributed by atoms with van der Waals surface area (Å²) in [7, 11) is 0. The average Bonchev–Trinajstić information content (AvgIpc) is 3.17. The molecule has 1 aliphatic heterocycles. The van der Waals surface area contributed by atoms with E-state index in [0.29, 0.717) is 10.7 Å². The number of hydrogen-bond acceptors (Lipinski definition) is 2. The molecule has 3 aromatic rings. The van der Waals surface area contributed by atoms with Crippen LogP contribution in [0.5, 0.6) is 0 Å². The average molecular weight is 364 g/mol. The van der Waals surface area contributed by atoms with Crippen molar-refractivity contribution in [1.29, 1.82) is 0 Å². The second kappa shape index (κ2) is 5.81. The van der Waals surface area contributed by atoms with Crippen molar-refractivity contribution in [3.05, 3.63) is 64.7 Å². The topological polar surface area (TPSA) is 29.9 Å². The number of benzene rings is 2. The van der Waals surface area contributed by atoms with Crippen LogP contribution in [0.3, 0.4) is 0 Å². The van der Waals surface area contributed by atoms with Gasteiger partial charge < -0.3 is 5.32 Å². The lowest BCUT2D eigenvalue weighted by atomic mass is 10.1. The van der Waals surface area contributed by atoms with E-state index >= 15 is 0 Å². The maximum Gasteiger partial charge on any atom is 0.416 e. The lowest BCUT2D eigenvalue weighted by Gasteiger charge is -2.10. The van der Waals surface area contributed by atoms with Crippen molar-refractivity contribution >= 4 is 17.4 Å². The predicted octanol–water partition coefficient (Wildman–Crippen LogP) is 5.18. The molecule has 0 fully saturated rings.